The van der Waals surface area contributed by atoms with Crippen molar-refractivity contribution in [3.63, 3.8) is 0 Å². The molecule has 3 nitrogen and oxygen atoms in total. The number of fused-ring (bicyclic) bond motifs is 5. The number of halogens is 1. The van der Waals surface area contributed by atoms with Gasteiger partial charge in [-0.1, -0.05) is 54.1 Å². The number of H-pyrrole nitrogens is 1. The Morgan fingerprint density at radius 2 is 1.60 bits per heavy atom. The van der Waals surface area contributed by atoms with Crippen molar-refractivity contribution in [2.45, 2.75) is 0 Å². The van der Waals surface area contributed by atoms with E-state index in [2.05, 4.69) is 4.98 Å². The van der Waals surface area contributed by atoms with E-state index in [1.807, 2.05) is 72.8 Å². The lowest BCUT2D eigenvalue weighted by atomic mass is 10.1. The van der Waals surface area contributed by atoms with Gasteiger partial charge in [-0.2, -0.15) is 0 Å². The standard InChI is InChI=1S/C21H13ClN2O/c22-13-10-11-15-17(12-13)23-20-16-8-4-5-9-18(16)24(21(25)19(15)20)14-6-2-1-3-7-14/h1-12,23H. The Morgan fingerprint density at radius 3 is 2.44 bits per heavy atom. The molecule has 0 saturated carbocycles. The molecule has 120 valence electrons. The molecule has 0 fully saturated rings. The molecule has 5 rings (SSSR count). The van der Waals surface area contributed by atoms with Gasteiger partial charge in [0.2, 0.25) is 0 Å². The number of aromatic amines is 1. The van der Waals surface area contributed by atoms with Crippen LogP contribution in [0.3, 0.4) is 0 Å². The summed E-state index contributed by atoms with van der Waals surface area (Å²) in [6, 6.07) is 23.3. The third kappa shape index (κ3) is 2.03. The van der Waals surface area contributed by atoms with Crippen molar-refractivity contribution in [2.24, 2.45) is 0 Å². The molecule has 0 aliphatic heterocycles. The predicted molar refractivity (Wildman–Crippen MR) is 104 cm³/mol. The van der Waals surface area contributed by atoms with Crippen LogP contribution in [0.2, 0.25) is 5.02 Å². The minimum atomic E-state index is -0.0338. The molecule has 0 radical (unpaired) electrons. The summed E-state index contributed by atoms with van der Waals surface area (Å²) in [5.41, 5.74) is 3.42. The summed E-state index contributed by atoms with van der Waals surface area (Å²) in [6.07, 6.45) is 0. The molecule has 4 heteroatoms. The molecule has 5 aromatic rings. The van der Waals surface area contributed by atoms with E-state index < -0.39 is 0 Å². The quantitative estimate of drug-likeness (QED) is 0.441. The van der Waals surface area contributed by atoms with Crippen molar-refractivity contribution in [1.82, 2.24) is 9.55 Å². The Balaban J connectivity index is 2.08. The summed E-state index contributed by atoms with van der Waals surface area (Å²) < 4.78 is 1.78. The van der Waals surface area contributed by atoms with Crippen molar-refractivity contribution in [1.29, 1.82) is 0 Å². The molecule has 0 bridgehead atoms. The number of benzene rings is 3. The third-order valence-electron chi connectivity index (χ3n) is 4.61. The first-order valence-electron chi connectivity index (χ1n) is 8.04. The van der Waals surface area contributed by atoms with Gasteiger partial charge in [0.05, 0.1) is 16.4 Å². The Kier molecular flexibility index (Phi) is 2.99. The number of hydrogen-bond acceptors (Lipinski definition) is 1. The van der Waals surface area contributed by atoms with Crippen molar-refractivity contribution < 1.29 is 0 Å². The highest BCUT2D eigenvalue weighted by Crippen LogP contribution is 2.31. The molecule has 1 N–H and O–H groups in total. The van der Waals surface area contributed by atoms with Gasteiger partial charge in [0.25, 0.3) is 5.56 Å². The van der Waals surface area contributed by atoms with E-state index in [1.54, 1.807) is 4.57 Å². The molecular formula is C21H13ClN2O. The Morgan fingerprint density at radius 1 is 0.840 bits per heavy atom. The lowest BCUT2D eigenvalue weighted by molar-refractivity contribution is 1.06. The maximum Gasteiger partial charge on any atom is 0.265 e. The van der Waals surface area contributed by atoms with Crippen LogP contribution in [0.15, 0.2) is 77.6 Å². The van der Waals surface area contributed by atoms with Gasteiger partial charge in [-0.15, -0.1) is 0 Å². The number of nitrogens with zero attached hydrogens (tertiary/aromatic N) is 1. The van der Waals surface area contributed by atoms with Crippen LogP contribution < -0.4 is 5.56 Å². The second kappa shape index (κ2) is 5.23. The van der Waals surface area contributed by atoms with E-state index in [0.29, 0.717) is 10.4 Å². The third-order valence-corrected chi connectivity index (χ3v) is 4.84. The smallest absolute Gasteiger partial charge is 0.265 e. The van der Waals surface area contributed by atoms with Gasteiger partial charge in [0, 0.05) is 27.0 Å². The fourth-order valence-electron chi connectivity index (χ4n) is 3.53. The van der Waals surface area contributed by atoms with Crippen molar-refractivity contribution in [3.05, 3.63) is 88.2 Å². The SMILES string of the molecule is O=c1c2c3ccc(Cl)cc3[nH]c2c2ccccc2n1-c1ccccc1. The summed E-state index contributed by atoms with van der Waals surface area (Å²) in [4.78, 5) is 16.8. The number of hydrogen-bond donors (Lipinski definition) is 1. The highest BCUT2D eigenvalue weighted by molar-refractivity contribution is 6.31. The predicted octanol–water partition coefficient (Wildman–Crippen LogP) is 5.28. The normalized spacial score (nSPS) is 11.6. The second-order valence-corrected chi connectivity index (χ2v) is 6.49. The maximum absolute atomic E-state index is 13.4. The van der Waals surface area contributed by atoms with Crippen LogP contribution in [-0.2, 0) is 0 Å². The van der Waals surface area contributed by atoms with Crippen LogP contribution in [0.1, 0.15) is 0 Å². The molecule has 2 heterocycles. The minimum Gasteiger partial charge on any atom is -0.354 e. The second-order valence-electron chi connectivity index (χ2n) is 6.06. The number of rotatable bonds is 1. The van der Waals surface area contributed by atoms with Gasteiger partial charge >= 0.3 is 0 Å². The monoisotopic (exact) mass is 344 g/mol. The van der Waals surface area contributed by atoms with Crippen LogP contribution in [0, 0.1) is 0 Å². The number of para-hydroxylation sites is 2. The molecule has 2 aromatic heterocycles. The zero-order valence-electron chi connectivity index (χ0n) is 13.2. The Bertz CT molecular complexity index is 1320. The summed E-state index contributed by atoms with van der Waals surface area (Å²) in [7, 11) is 0. The van der Waals surface area contributed by atoms with Crippen LogP contribution >= 0.6 is 11.6 Å². The van der Waals surface area contributed by atoms with E-state index in [9.17, 15) is 4.79 Å². The summed E-state index contributed by atoms with van der Waals surface area (Å²) in [5.74, 6) is 0. The summed E-state index contributed by atoms with van der Waals surface area (Å²) >= 11 is 6.13. The van der Waals surface area contributed by atoms with Crippen molar-refractivity contribution in [3.8, 4) is 5.69 Å². The summed E-state index contributed by atoms with van der Waals surface area (Å²) in [6.45, 7) is 0. The molecule has 3 aromatic carbocycles. The van der Waals surface area contributed by atoms with Crippen LogP contribution in [0.4, 0.5) is 0 Å². The van der Waals surface area contributed by atoms with E-state index >= 15 is 0 Å². The molecule has 0 atom stereocenters. The average Bonchev–Trinajstić information content (AvgIpc) is 3.02. The highest BCUT2D eigenvalue weighted by atomic mass is 35.5. The zero-order chi connectivity index (χ0) is 17.0. The molecule has 0 amide bonds. The lowest BCUT2D eigenvalue weighted by Gasteiger charge is -2.11. The topological polar surface area (TPSA) is 37.8 Å². The van der Waals surface area contributed by atoms with Crippen molar-refractivity contribution in [2.75, 3.05) is 0 Å². The molecule has 0 aliphatic carbocycles. The maximum atomic E-state index is 13.4. The molecule has 0 spiro atoms. The van der Waals surface area contributed by atoms with Gasteiger partial charge in [0.1, 0.15) is 0 Å². The number of nitrogens with one attached hydrogen (secondary N) is 1. The first kappa shape index (κ1) is 14.3. The van der Waals surface area contributed by atoms with E-state index in [0.717, 1.165) is 33.0 Å². The highest BCUT2D eigenvalue weighted by Gasteiger charge is 2.16. The molecular weight excluding hydrogens is 332 g/mol. The Hall–Kier alpha value is -3.04. The first-order valence-corrected chi connectivity index (χ1v) is 8.42. The zero-order valence-corrected chi connectivity index (χ0v) is 13.9. The average molecular weight is 345 g/mol. The largest absolute Gasteiger partial charge is 0.354 e. The van der Waals surface area contributed by atoms with Crippen LogP contribution in [-0.4, -0.2) is 9.55 Å². The molecule has 0 saturated heterocycles. The van der Waals surface area contributed by atoms with Crippen LogP contribution in [0.25, 0.3) is 38.4 Å². The van der Waals surface area contributed by atoms with Crippen LogP contribution in [0.5, 0.6) is 0 Å². The minimum absolute atomic E-state index is 0.0338. The molecule has 0 aliphatic rings. The lowest BCUT2D eigenvalue weighted by Crippen LogP contribution is -2.18. The van der Waals surface area contributed by atoms with Gasteiger partial charge in [-0.05, 0) is 30.3 Å². The van der Waals surface area contributed by atoms with E-state index in [1.165, 1.54) is 0 Å². The first-order chi connectivity index (χ1) is 12.2. The number of aromatic nitrogens is 2. The Labute approximate surface area is 148 Å². The van der Waals surface area contributed by atoms with Gasteiger partial charge in [-0.25, -0.2) is 0 Å². The van der Waals surface area contributed by atoms with Gasteiger partial charge in [0.15, 0.2) is 0 Å². The van der Waals surface area contributed by atoms with Crippen molar-refractivity contribution >= 4 is 44.3 Å². The van der Waals surface area contributed by atoms with E-state index in [4.69, 9.17) is 11.6 Å². The van der Waals surface area contributed by atoms with Gasteiger partial charge in [-0.3, -0.25) is 9.36 Å². The molecule has 25 heavy (non-hydrogen) atoms. The molecule has 0 unspecified atom stereocenters. The fourth-order valence-corrected chi connectivity index (χ4v) is 3.70. The van der Waals surface area contributed by atoms with E-state index in [-0.39, 0.29) is 5.56 Å². The summed E-state index contributed by atoms with van der Waals surface area (Å²) in [5, 5.41) is 3.23. The van der Waals surface area contributed by atoms with Gasteiger partial charge < -0.3 is 4.98 Å². The fraction of sp³-hybridized carbons (Fsp3) is 0. The number of pyridine rings is 1.